The van der Waals surface area contributed by atoms with Crippen molar-refractivity contribution in [1.82, 2.24) is 24.5 Å². The zero-order valence-electron chi connectivity index (χ0n) is 20.4. The number of aromatic nitrogens is 2. The molecule has 0 radical (unpaired) electrons. The van der Waals surface area contributed by atoms with E-state index in [1.807, 2.05) is 42.2 Å². The Morgan fingerprint density at radius 3 is 2.42 bits per heavy atom. The highest BCUT2D eigenvalue weighted by molar-refractivity contribution is 7.89. The molecule has 0 aliphatic carbocycles. The average Bonchev–Trinajstić information content (AvgIpc) is 3.49. The summed E-state index contributed by atoms with van der Waals surface area (Å²) in [7, 11) is -2.44. The molecule has 2 aromatic heterocycles. The summed E-state index contributed by atoms with van der Waals surface area (Å²) in [5, 5.41) is 9.16. The van der Waals surface area contributed by atoms with E-state index in [4.69, 9.17) is 0 Å². The fraction of sp³-hybridized carbons (Fsp3) is 0.375. The molecule has 1 aliphatic heterocycles. The highest BCUT2D eigenvalue weighted by atomic mass is 32.2. The maximum Gasteiger partial charge on any atom is 0.272 e. The summed E-state index contributed by atoms with van der Waals surface area (Å²) >= 11 is 1.48. The van der Waals surface area contributed by atoms with Crippen LogP contribution in [0.4, 0.5) is 4.39 Å². The summed E-state index contributed by atoms with van der Waals surface area (Å²) in [4.78, 5) is 30.5. The zero-order chi connectivity index (χ0) is 26.3. The zero-order valence-corrected chi connectivity index (χ0v) is 22.0. The Labute approximate surface area is 213 Å². The van der Waals surface area contributed by atoms with Gasteiger partial charge in [0.2, 0.25) is 15.9 Å². The first kappa shape index (κ1) is 26.0. The number of nitrogens with zero attached hydrogens (tertiary/aromatic N) is 3. The summed E-state index contributed by atoms with van der Waals surface area (Å²) < 4.78 is 43.0. The summed E-state index contributed by atoms with van der Waals surface area (Å²) in [6.07, 6.45) is 0. The molecule has 0 spiro atoms. The number of hydrogen-bond donors (Lipinski definition) is 2. The molecule has 4 rings (SSSR count). The van der Waals surface area contributed by atoms with Crippen LogP contribution in [0.2, 0.25) is 0 Å². The quantitative estimate of drug-likeness (QED) is 0.506. The lowest BCUT2D eigenvalue weighted by Gasteiger charge is -2.30. The van der Waals surface area contributed by atoms with Crippen molar-refractivity contribution in [2.24, 2.45) is 5.41 Å². The van der Waals surface area contributed by atoms with Crippen molar-refractivity contribution in [3.8, 4) is 11.4 Å². The van der Waals surface area contributed by atoms with Crippen LogP contribution in [0.15, 0.2) is 46.0 Å². The van der Waals surface area contributed by atoms with E-state index in [-0.39, 0.29) is 36.1 Å². The normalized spacial score (nSPS) is 15.2. The van der Waals surface area contributed by atoms with E-state index in [2.05, 4.69) is 15.6 Å². The Balaban J connectivity index is 1.74. The minimum absolute atomic E-state index is 0.0339. The first-order chi connectivity index (χ1) is 16.9. The van der Waals surface area contributed by atoms with Crippen molar-refractivity contribution in [2.45, 2.75) is 44.8 Å². The smallest absolute Gasteiger partial charge is 0.272 e. The molecule has 2 N–H and O–H groups in total. The average molecular weight is 534 g/mol. The molecule has 1 atom stereocenters. The third kappa shape index (κ3) is 4.93. The number of carbonyl (C=O) groups is 2. The molecular weight excluding hydrogens is 505 g/mol. The van der Waals surface area contributed by atoms with Crippen LogP contribution in [0.1, 0.15) is 37.0 Å². The number of likely N-dealkylation sites (N-methyl/N-ethyl adjacent to an activating group) is 1. The molecule has 0 fully saturated rings. The van der Waals surface area contributed by atoms with E-state index in [9.17, 15) is 22.4 Å². The Morgan fingerprint density at radius 1 is 1.14 bits per heavy atom. The van der Waals surface area contributed by atoms with Gasteiger partial charge < -0.3 is 15.2 Å². The molecule has 3 heterocycles. The number of rotatable bonds is 6. The second-order valence-electron chi connectivity index (χ2n) is 9.57. The molecule has 3 aromatic rings. The molecule has 2 amide bonds. The molecule has 36 heavy (non-hydrogen) atoms. The maximum atomic E-state index is 13.5. The SMILES string of the molecule is CNC(=O)C(NC(=O)c1nc(-c2ccsc2)n2c1CN(S(=O)(=O)c1ccc(F)cc1)CC2)C(C)(C)C. The third-order valence-corrected chi connectivity index (χ3v) is 8.61. The molecule has 0 saturated heterocycles. The van der Waals surface area contributed by atoms with Gasteiger partial charge in [0.25, 0.3) is 5.91 Å². The molecule has 9 nitrogen and oxygen atoms in total. The van der Waals surface area contributed by atoms with Crippen molar-refractivity contribution >= 4 is 33.2 Å². The van der Waals surface area contributed by atoms with Crippen molar-refractivity contribution in [1.29, 1.82) is 0 Å². The van der Waals surface area contributed by atoms with Crippen LogP contribution in [0.5, 0.6) is 0 Å². The van der Waals surface area contributed by atoms with E-state index >= 15 is 0 Å². The fourth-order valence-electron chi connectivity index (χ4n) is 4.12. The standard InChI is InChI=1S/C24H28FN5O4S2/c1-24(2,3)20(23(32)26-4)28-22(31)19-18-13-29(36(33,34)17-7-5-16(25)6-8-17)10-11-30(18)21(27-19)15-9-12-35-14-15/h5-9,12,14,20H,10-11,13H2,1-4H3,(H,26,32)(H,28,31). The number of thiophene rings is 1. The lowest BCUT2D eigenvalue weighted by atomic mass is 9.86. The van der Waals surface area contributed by atoms with Crippen molar-refractivity contribution in [3.05, 3.63) is 58.3 Å². The van der Waals surface area contributed by atoms with Gasteiger partial charge in [-0.05, 0) is 41.1 Å². The minimum atomic E-state index is -3.94. The fourth-order valence-corrected chi connectivity index (χ4v) is 6.15. The summed E-state index contributed by atoms with van der Waals surface area (Å²) in [5.74, 6) is -0.885. The van der Waals surface area contributed by atoms with E-state index in [0.29, 0.717) is 11.5 Å². The predicted octanol–water partition coefficient (Wildman–Crippen LogP) is 2.85. The number of imidazole rings is 1. The molecule has 12 heteroatoms. The Kier molecular flexibility index (Phi) is 7.04. The van der Waals surface area contributed by atoms with Crippen LogP contribution < -0.4 is 10.6 Å². The van der Waals surface area contributed by atoms with Crippen LogP contribution in [0.25, 0.3) is 11.4 Å². The van der Waals surface area contributed by atoms with Gasteiger partial charge in [0, 0.05) is 31.1 Å². The van der Waals surface area contributed by atoms with Crippen LogP contribution in [-0.4, -0.2) is 53.7 Å². The van der Waals surface area contributed by atoms with E-state index in [1.54, 1.807) is 0 Å². The van der Waals surface area contributed by atoms with Crippen molar-refractivity contribution in [3.63, 3.8) is 0 Å². The van der Waals surface area contributed by atoms with Crippen LogP contribution in [0, 0.1) is 11.2 Å². The monoisotopic (exact) mass is 533 g/mol. The van der Waals surface area contributed by atoms with E-state index in [1.165, 1.54) is 34.8 Å². The molecular formula is C24H28FN5O4S2. The van der Waals surface area contributed by atoms with Gasteiger partial charge in [-0.2, -0.15) is 15.6 Å². The van der Waals surface area contributed by atoms with Crippen molar-refractivity contribution in [2.75, 3.05) is 13.6 Å². The van der Waals surface area contributed by atoms with E-state index in [0.717, 1.165) is 17.7 Å². The molecule has 0 bridgehead atoms. The third-order valence-electron chi connectivity index (χ3n) is 6.07. The molecule has 0 saturated carbocycles. The minimum Gasteiger partial charge on any atom is -0.357 e. The van der Waals surface area contributed by atoms with Gasteiger partial charge in [0.15, 0.2) is 5.69 Å². The number of amides is 2. The van der Waals surface area contributed by atoms with Gasteiger partial charge >= 0.3 is 0 Å². The van der Waals surface area contributed by atoms with Gasteiger partial charge in [-0.1, -0.05) is 20.8 Å². The number of benzene rings is 1. The van der Waals surface area contributed by atoms with Gasteiger partial charge in [-0.3, -0.25) is 9.59 Å². The molecule has 1 aliphatic rings. The highest BCUT2D eigenvalue weighted by Gasteiger charge is 2.37. The maximum absolute atomic E-state index is 13.5. The molecule has 1 aromatic carbocycles. The largest absolute Gasteiger partial charge is 0.357 e. The van der Waals surface area contributed by atoms with Gasteiger partial charge in [0.1, 0.15) is 17.7 Å². The summed E-state index contributed by atoms with van der Waals surface area (Å²) in [5.41, 5.74) is 0.723. The summed E-state index contributed by atoms with van der Waals surface area (Å²) in [6, 6.07) is 5.68. The topological polar surface area (TPSA) is 113 Å². The van der Waals surface area contributed by atoms with Gasteiger partial charge in [-0.15, -0.1) is 0 Å². The highest BCUT2D eigenvalue weighted by Crippen LogP contribution is 2.31. The number of sulfonamides is 1. The first-order valence-corrected chi connectivity index (χ1v) is 13.7. The lowest BCUT2D eigenvalue weighted by Crippen LogP contribution is -2.53. The number of halogens is 1. The number of hydrogen-bond acceptors (Lipinski definition) is 6. The number of carbonyl (C=O) groups excluding carboxylic acids is 2. The van der Waals surface area contributed by atoms with Crippen LogP contribution in [-0.2, 0) is 27.9 Å². The van der Waals surface area contributed by atoms with Crippen LogP contribution >= 0.6 is 11.3 Å². The lowest BCUT2D eigenvalue weighted by molar-refractivity contribution is -0.124. The van der Waals surface area contributed by atoms with Crippen molar-refractivity contribution < 1.29 is 22.4 Å². The molecule has 192 valence electrons. The van der Waals surface area contributed by atoms with Gasteiger partial charge in [-0.25, -0.2) is 17.8 Å². The second kappa shape index (κ2) is 9.75. The Bertz CT molecular complexity index is 1380. The Hall–Kier alpha value is -3.09. The molecule has 1 unspecified atom stereocenters. The van der Waals surface area contributed by atoms with E-state index < -0.39 is 33.2 Å². The predicted molar refractivity (Wildman–Crippen MR) is 134 cm³/mol. The second-order valence-corrected chi connectivity index (χ2v) is 12.3. The number of nitrogens with one attached hydrogen (secondary N) is 2. The number of fused-ring (bicyclic) bond motifs is 1. The summed E-state index contributed by atoms with van der Waals surface area (Å²) in [6.45, 7) is 5.85. The first-order valence-electron chi connectivity index (χ1n) is 11.3. The van der Waals surface area contributed by atoms with Crippen LogP contribution in [0.3, 0.4) is 0 Å². The van der Waals surface area contributed by atoms with Gasteiger partial charge in [0.05, 0.1) is 17.1 Å². The Morgan fingerprint density at radius 2 is 1.83 bits per heavy atom.